The molecule has 23 heteroatoms. The third kappa shape index (κ3) is 20.5. The molecule has 1 fully saturated rings. The first kappa shape index (κ1) is 58.3. The highest BCUT2D eigenvalue weighted by Gasteiger charge is 2.37. The Bertz CT molecular complexity index is 2430. The van der Waals surface area contributed by atoms with Crippen LogP contribution < -0.4 is 53.0 Å². The van der Waals surface area contributed by atoms with Crippen LogP contribution in [0.2, 0.25) is 0 Å². The number of hydrogen-bond donors (Lipinski definition) is 12. The van der Waals surface area contributed by atoms with Gasteiger partial charge in [-0.25, -0.2) is 14.4 Å². The SMILES string of the molecule is COc1ccc(C[C@@H](NC(=O)[C@H](CC(=O)O)NC(=O)C(NC(=O)[C@H](CCCC(=O)O)NC(=O)[C@H](CCCCNC(N)=O)NC(=O)Cc2ccc(NC(=O)Nc3ccccc3C)cc2)C2CCCCC2)C(=O)O)cc1. The number of nitrogens with two attached hydrogens (primary N) is 1. The molecule has 3 aromatic carbocycles. The summed E-state index contributed by atoms with van der Waals surface area (Å²) in [7, 11) is 1.45. The molecule has 400 valence electrons. The van der Waals surface area contributed by atoms with Crippen LogP contribution >= 0.6 is 0 Å². The van der Waals surface area contributed by atoms with E-state index in [9.17, 15) is 63.3 Å². The summed E-state index contributed by atoms with van der Waals surface area (Å²) >= 11 is 0. The first-order chi connectivity index (χ1) is 35.3. The molecule has 3 aromatic rings. The molecule has 1 saturated carbocycles. The zero-order valence-corrected chi connectivity index (χ0v) is 41.4. The molecule has 13 N–H and O–H groups in total. The van der Waals surface area contributed by atoms with Crippen LogP contribution in [-0.4, -0.2) is 119 Å². The number of aliphatic carboxylic acids is 3. The van der Waals surface area contributed by atoms with E-state index in [1.54, 1.807) is 60.7 Å². The van der Waals surface area contributed by atoms with Gasteiger partial charge in [-0.15, -0.1) is 0 Å². The molecular weight excluding hydrogens is 963 g/mol. The number of rotatable bonds is 29. The Labute approximate surface area is 427 Å². The summed E-state index contributed by atoms with van der Waals surface area (Å²) in [6.07, 6.45) is 1.58. The summed E-state index contributed by atoms with van der Waals surface area (Å²) < 4.78 is 5.14. The van der Waals surface area contributed by atoms with Crippen molar-refractivity contribution in [1.29, 1.82) is 0 Å². The summed E-state index contributed by atoms with van der Waals surface area (Å²) in [5.74, 6) is -8.51. The quantitative estimate of drug-likeness (QED) is 0.0445. The van der Waals surface area contributed by atoms with Crippen LogP contribution in [0.15, 0.2) is 72.8 Å². The Morgan fingerprint density at radius 1 is 0.635 bits per heavy atom. The summed E-state index contributed by atoms with van der Waals surface area (Å²) in [5, 5.41) is 49.9. The number of nitrogens with one attached hydrogen (secondary N) is 8. The van der Waals surface area contributed by atoms with Crippen molar-refractivity contribution in [2.24, 2.45) is 11.7 Å². The van der Waals surface area contributed by atoms with Crippen LogP contribution in [0.1, 0.15) is 93.7 Å². The molecule has 1 unspecified atom stereocenters. The molecule has 0 aromatic heterocycles. The molecule has 9 amide bonds. The maximum Gasteiger partial charge on any atom is 0.326 e. The van der Waals surface area contributed by atoms with E-state index in [2.05, 4.69) is 42.5 Å². The van der Waals surface area contributed by atoms with Crippen LogP contribution in [0.3, 0.4) is 0 Å². The number of ether oxygens (including phenoxy) is 1. The monoisotopic (exact) mass is 1030 g/mol. The molecule has 0 radical (unpaired) electrons. The van der Waals surface area contributed by atoms with Crippen molar-refractivity contribution in [2.75, 3.05) is 24.3 Å². The van der Waals surface area contributed by atoms with Crippen LogP contribution in [0.25, 0.3) is 0 Å². The van der Waals surface area contributed by atoms with Gasteiger partial charge in [0.25, 0.3) is 0 Å². The lowest BCUT2D eigenvalue weighted by Crippen LogP contribution is -2.60. The van der Waals surface area contributed by atoms with E-state index in [0.717, 1.165) is 12.0 Å². The maximum absolute atomic E-state index is 14.3. The fourth-order valence-electron chi connectivity index (χ4n) is 8.32. The number of hydrogen-bond acceptors (Lipinski definition) is 11. The number of urea groups is 2. The Morgan fingerprint density at radius 3 is 1.85 bits per heavy atom. The van der Waals surface area contributed by atoms with Crippen molar-refractivity contribution in [3.8, 4) is 5.75 Å². The fraction of sp³-hybridized carbons (Fsp3) is 0.451. The van der Waals surface area contributed by atoms with Crippen LogP contribution in [0, 0.1) is 12.8 Å². The minimum Gasteiger partial charge on any atom is -0.497 e. The van der Waals surface area contributed by atoms with E-state index >= 15 is 0 Å². The molecular formula is C51H67N9O14. The van der Waals surface area contributed by atoms with Gasteiger partial charge < -0.3 is 68.3 Å². The molecule has 0 saturated heterocycles. The second-order valence-corrected chi connectivity index (χ2v) is 18.0. The minimum atomic E-state index is -1.79. The second kappa shape index (κ2) is 29.9. The van der Waals surface area contributed by atoms with E-state index in [0.29, 0.717) is 60.4 Å². The number of amides is 9. The number of carbonyl (C=O) groups excluding carboxylic acids is 7. The average Bonchev–Trinajstić information content (AvgIpc) is 3.35. The molecule has 4 rings (SSSR count). The van der Waals surface area contributed by atoms with E-state index in [4.69, 9.17) is 10.5 Å². The van der Waals surface area contributed by atoms with Gasteiger partial charge in [0.05, 0.1) is 20.0 Å². The second-order valence-electron chi connectivity index (χ2n) is 18.0. The van der Waals surface area contributed by atoms with Gasteiger partial charge in [0.15, 0.2) is 0 Å². The Morgan fingerprint density at radius 2 is 1.23 bits per heavy atom. The number of carbonyl (C=O) groups is 10. The Balaban J connectivity index is 1.51. The third-order valence-corrected chi connectivity index (χ3v) is 12.3. The van der Waals surface area contributed by atoms with Crippen molar-refractivity contribution in [2.45, 2.75) is 127 Å². The highest BCUT2D eigenvalue weighted by atomic mass is 16.5. The lowest BCUT2D eigenvalue weighted by atomic mass is 9.83. The average molecular weight is 1030 g/mol. The van der Waals surface area contributed by atoms with Gasteiger partial charge in [-0.2, -0.15) is 0 Å². The van der Waals surface area contributed by atoms with Gasteiger partial charge in [-0.05, 0) is 105 Å². The normalized spacial score (nSPS) is 14.2. The number of carboxylic acids is 3. The van der Waals surface area contributed by atoms with Gasteiger partial charge in [0.1, 0.15) is 36.0 Å². The lowest BCUT2D eigenvalue weighted by Gasteiger charge is -2.32. The summed E-state index contributed by atoms with van der Waals surface area (Å²) in [4.78, 5) is 130. The highest BCUT2D eigenvalue weighted by Crippen LogP contribution is 2.27. The first-order valence-electron chi connectivity index (χ1n) is 24.4. The Hall–Kier alpha value is -8.24. The fourth-order valence-corrected chi connectivity index (χ4v) is 8.32. The van der Waals surface area contributed by atoms with Crippen LogP contribution in [0.5, 0.6) is 5.75 Å². The van der Waals surface area contributed by atoms with Gasteiger partial charge >= 0.3 is 30.0 Å². The smallest absolute Gasteiger partial charge is 0.326 e. The van der Waals surface area contributed by atoms with Crippen LogP contribution in [0.4, 0.5) is 21.0 Å². The molecule has 74 heavy (non-hydrogen) atoms. The minimum absolute atomic E-state index is 0.0172. The summed E-state index contributed by atoms with van der Waals surface area (Å²) in [5.41, 5.74) is 8.15. The Kier molecular flexibility index (Phi) is 23.6. The number of unbranched alkanes of at least 4 members (excludes halogenated alkanes) is 1. The summed E-state index contributed by atoms with van der Waals surface area (Å²) in [6, 6.07) is 11.3. The molecule has 1 aliphatic rings. The molecule has 1 aliphatic carbocycles. The third-order valence-electron chi connectivity index (χ3n) is 12.3. The number of para-hydroxylation sites is 1. The van der Waals surface area contributed by atoms with E-state index in [-0.39, 0.29) is 45.1 Å². The zero-order valence-electron chi connectivity index (χ0n) is 41.4. The lowest BCUT2D eigenvalue weighted by molar-refractivity contribution is -0.144. The van der Waals surface area contributed by atoms with E-state index < -0.39 is 108 Å². The zero-order chi connectivity index (χ0) is 54.2. The largest absolute Gasteiger partial charge is 0.497 e. The topological polar surface area (TPSA) is 363 Å². The predicted molar refractivity (Wildman–Crippen MR) is 270 cm³/mol. The standard InChI is InChI=1S/C51H67N9O14/c1-30-11-6-7-14-36(30)59-51(73)54-34-22-18-32(19-23-34)28-41(61)55-37(15-8-9-26-53-50(52)72)45(66)56-38(16-10-17-42(62)63)46(67)60-44(33-12-4-3-5-13-33)48(69)57-39(29-43(64)65)47(68)58-40(49(70)71)27-31-20-24-35(74-2)25-21-31/h6-7,11,14,18-25,33,37-40,44H,3-5,8-10,12-13,15-17,26-29H2,1-2H3,(H,55,61)(H,56,66)(H,57,69)(H,58,68)(H,60,67)(H,62,63)(H,64,65)(H,70,71)(H3,52,53,72)(H2,54,59,73)/t37-,38-,39-,40+,44?/m0/s1. The van der Waals surface area contributed by atoms with Crippen molar-refractivity contribution in [1.82, 2.24) is 31.9 Å². The molecule has 5 atom stereocenters. The number of anilines is 2. The molecule has 0 aliphatic heterocycles. The van der Waals surface area contributed by atoms with Gasteiger partial charge in [-0.1, -0.05) is 61.7 Å². The van der Waals surface area contributed by atoms with Crippen molar-refractivity contribution >= 4 is 70.9 Å². The maximum atomic E-state index is 14.3. The van der Waals surface area contributed by atoms with Gasteiger partial charge in [0, 0.05) is 30.8 Å². The van der Waals surface area contributed by atoms with E-state index in [1.165, 1.54) is 7.11 Å². The van der Waals surface area contributed by atoms with Gasteiger partial charge in [-0.3, -0.25) is 33.6 Å². The number of carboxylic acid groups (broad SMARTS) is 3. The van der Waals surface area contributed by atoms with Crippen molar-refractivity contribution < 1.29 is 68.0 Å². The van der Waals surface area contributed by atoms with Gasteiger partial charge in [0.2, 0.25) is 29.5 Å². The van der Waals surface area contributed by atoms with E-state index in [1.807, 2.05) is 19.1 Å². The summed E-state index contributed by atoms with van der Waals surface area (Å²) in [6.45, 7) is 2.01. The van der Waals surface area contributed by atoms with Crippen molar-refractivity contribution in [3.05, 3.63) is 89.5 Å². The highest BCUT2D eigenvalue weighted by molar-refractivity contribution is 6.00. The number of aryl methyl sites for hydroxylation is 1. The molecule has 23 nitrogen and oxygen atoms in total. The number of benzene rings is 3. The number of methoxy groups -OCH3 is 1. The molecule has 0 heterocycles. The molecule has 0 spiro atoms. The molecule has 0 bridgehead atoms. The number of primary amides is 1. The van der Waals surface area contributed by atoms with Crippen LogP contribution in [-0.2, 0) is 51.2 Å². The predicted octanol–water partition coefficient (Wildman–Crippen LogP) is 3.09. The first-order valence-corrected chi connectivity index (χ1v) is 24.4. The van der Waals surface area contributed by atoms with Crippen molar-refractivity contribution in [3.63, 3.8) is 0 Å².